The number of hydrogen-bond acceptors (Lipinski definition) is 5. The van der Waals surface area contributed by atoms with E-state index < -0.39 is 0 Å². The molecular formula is C23H30N6. The third-order valence-electron chi connectivity index (χ3n) is 6.16. The maximum atomic E-state index is 4.42. The Morgan fingerprint density at radius 1 is 0.793 bits per heavy atom. The fraction of sp³-hybridized carbons (Fsp3) is 0.478. The molecule has 0 spiro atoms. The topological polar surface area (TPSA) is 51.3 Å². The van der Waals surface area contributed by atoms with Gasteiger partial charge in [0.15, 0.2) is 0 Å². The van der Waals surface area contributed by atoms with Gasteiger partial charge in [-0.25, -0.2) is 9.97 Å². The van der Waals surface area contributed by atoms with Gasteiger partial charge in [-0.05, 0) is 62.2 Å². The van der Waals surface area contributed by atoms with Gasteiger partial charge in [0.25, 0.3) is 0 Å². The van der Waals surface area contributed by atoms with E-state index in [9.17, 15) is 0 Å². The molecule has 3 aromatic rings. The van der Waals surface area contributed by atoms with E-state index in [0.717, 1.165) is 51.6 Å². The highest BCUT2D eigenvalue weighted by Crippen LogP contribution is 2.21. The Labute approximate surface area is 172 Å². The quantitative estimate of drug-likeness (QED) is 0.725. The molecule has 29 heavy (non-hydrogen) atoms. The van der Waals surface area contributed by atoms with Crippen LogP contribution in [-0.4, -0.2) is 64.0 Å². The van der Waals surface area contributed by atoms with Crippen molar-refractivity contribution in [2.24, 2.45) is 0 Å². The summed E-state index contributed by atoms with van der Waals surface area (Å²) in [6, 6.07) is 11.1. The fourth-order valence-electron chi connectivity index (χ4n) is 4.65. The van der Waals surface area contributed by atoms with E-state index in [2.05, 4.69) is 53.9 Å². The van der Waals surface area contributed by atoms with Crippen molar-refractivity contribution in [1.82, 2.24) is 24.8 Å². The molecule has 1 N–H and O–H groups in total. The Bertz CT molecular complexity index is 931. The number of H-pyrrole nitrogens is 1. The molecule has 2 aliphatic heterocycles. The number of nitrogens with one attached hydrogen (secondary N) is 1. The number of hydrogen-bond donors (Lipinski definition) is 1. The lowest BCUT2D eigenvalue weighted by Gasteiger charge is -2.21. The van der Waals surface area contributed by atoms with Gasteiger partial charge in [-0.15, -0.1) is 0 Å². The van der Waals surface area contributed by atoms with Crippen molar-refractivity contribution in [2.75, 3.05) is 44.2 Å². The van der Waals surface area contributed by atoms with Crippen LogP contribution in [0.3, 0.4) is 0 Å². The van der Waals surface area contributed by atoms with E-state index >= 15 is 0 Å². The molecule has 5 rings (SSSR count). The number of aromatic nitrogens is 3. The summed E-state index contributed by atoms with van der Waals surface area (Å²) < 4.78 is 0. The zero-order valence-electron chi connectivity index (χ0n) is 17.1. The van der Waals surface area contributed by atoms with Gasteiger partial charge >= 0.3 is 0 Å². The molecule has 4 heterocycles. The van der Waals surface area contributed by atoms with E-state index in [4.69, 9.17) is 0 Å². The summed E-state index contributed by atoms with van der Waals surface area (Å²) in [7, 11) is 0. The van der Waals surface area contributed by atoms with Gasteiger partial charge < -0.3 is 9.88 Å². The Morgan fingerprint density at radius 3 is 2.45 bits per heavy atom. The average molecular weight is 391 g/mol. The lowest BCUT2D eigenvalue weighted by Crippen LogP contribution is -2.31. The van der Waals surface area contributed by atoms with Crippen LogP contribution in [0.5, 0.6) is 0 Å². The zero-order chi connectivity index (χ0) is 19.5. The van der Waals surface area contributed by atoms with Crippen LogP contribution in [0.1, 0.15) is 30.5 Å². The number of rotatable bonds is 5. The lowest BCUT2D eigenvalue weighted by molar-refractivity contribution is 0.285. The van der Waals surface area contributed by atoms with Crippen LogP contribution in [0.4, 0.5) is 5.95 Å². The third kappa shape index (κ3) is 4.43. The first-order valence-corrected chi connectivity index (χ1v) is 10.9. The number of aromatic amines is 1. The van der Waals surface area contributed by atoms with Crippen LogP contribution in [0.2, 0.25) is 0 Å². The molecule has 152 valence electrons. The van der Waals surface area contributed by atoms with Crippen molar-refractivity contribution in [3.05, 3.63) is 54.0 Å². The van der Waals surface area contributed by atoms with Crippen molar-refractivity contribution in [2.45, 2.75) is 32.4 Å². The minimum Gasteiger partial charge on any atom is -0.357 e. The summed E-state index contributed by atoms with van der Waals surface area (Å²) in [6.45, 7) is 8.70. The van der Waals surface area contributed by atoms with Gasteiger partial charge in [-0.2, -0.15) is 0 Å². The standard InChI is InChI=1S/C23H30N6/c1-2-10-27(9-1)18-21-16-20-15-19(5-6-22(20)26-21)17-28-11-4-12-29(14-13-28)23-24-7-3-8-25-23/h3,5-8,15-16,26H,1-2,4,9-14,17-18H2. The van der Waals surface area contributed by atoms with Gasteiger partial charge in [-0.1, -0.05) is 6.07 Å². The van der Waals surface area contributed by atoms with Crippen LogP contribution >= 0.6 is 0 Å². The first-order chi connectivity index (χ1) is 14.3. The molecule has 6 heteroatoms. The fourth-order valence-corrected chi connectivity index (χ4v) is 4.65. The minimum absolute atomic E-state index is 0.855. The number of fused-ring (bicyclic) bond motifs is 1. The van der Waals surface area contributed by atoms with Gasteiger partial charge in [0.05, 0.1) is 0 Å². The van der Waals surface area contributed by atoms with E-state index in [0.29, 0.717) is 0 Å². The van der Waals surface area contributed by atoms with Crippen LogP contribution in [0.25, 0.3) is 10.9 Å². The third-order valence-corrected chi connectivity index (χ3v) is 6.16. The van der Waals surface area contributed by atoms with Crippen LogP contribution < -0.4 is 4.90 Å². The van der Waals surface area contributed by atoms with Gasteiger partial charge in [0, 0.05) is 68.3 Å². The first-order valence-electron chi connectivity index (χ1n) is 10.9. The molecule has 0 saturated carbocycles. The second-order valence-corrected chi connectivity index (χ2v) is 8.36. The number of benzene rings is 1. The summed E-state index contributed by atoms with van der Waals surface area (Å²) in [5.41, 5.74) is 3.99. The Balaban J connectivity index is 1.23. The van der Waals surface area contributed by atoms with Crippen molar-refractivity contribution in [3.8, 4) is 0 Å². The second kappa shape index (κ2) is 8.51. The Morgan fingerprint density at radius 2 is 1.59 bits per heavy atom. The molecule has 0 aliphatic carbocycles. The molecule has 0 radical (unpaired) electrons. The average Bonchev–Trinajstić information content (AvgIpc) is 3.33. The maximum absolute atomic E-state index is 4.42. The largest absolute Gasteiger partial charge is 0.357 e. The normalized spacial score (nSPS) is 19.1. The zero-order valence-corrected chi connectivity index (χ0v) is 17.1. The Kier molecular flexibility index (Phi) is 5.45. The van der Waals surface area contributed by atoms with Gasteiger partial charge in [-0.3, -0.25) is 9.80 Å². The summed E-state index contributed by atoms with van der Waals surface area (Å²) >= 11 is 0. The molecule has 2 aromatic heterocycles. The smallest absolute Gasteiger partial charge is 0.225 e. The SMILES string of the molecule is c1cnc(N2CCCN(Cc3ccc4[nH]c(CN5CCCC5)cc4c3)CC2)nc1. The summed E-state index contributed by atoms with van der Waals surface area (Å²) in [5.74, 6) is 0.855. The molecule has 0 atom stereocenters. The summed E-state index contributed by atoms with van der Waals surface area (Å²) in [5, 5.41) is 1.34. The van der Waals surface area contributed by atoms with E-state index in [-0.39, 0.29) is 0 Å². The van der Waals surface area contributed by atoms with E-state index in [1.807, 2.05) is 18.5 Å². The van der Waals surface area contributed by atoms with Crippen LogP contribution in [0.15, 0.2) is 42.7 Å². The van der Waals surface area contributed by atoms with Crippen molar-refractivity contribution < 1.29 is 0 Å². The maximum Gasteiger partial charge on any atom is 0.225 e. The number of likely N-dealkylation sites (tertiary alicyclic amines) is 1. The number of anilines is 1. The first kappa shape index (κ1) is 18.6. The molecular weight excluding hydrogens is 360 g/mol. The van der Waals surface area contributed by atoms with E-state index in [1.165, 1.54) is 48.1 Å². The van der Waals surface area contributed by atoms with Crippen LogP contribution in [0, 0.1) is 0 Å². The molecule has 0 bridgehead atoms. The number of nitrogens with zero attached hydrogens (tertiary/aromatic N) is 5. The van der Waals surface area contributed by atoms with Crippen molar-refractivity contribution >= 4 is 16.9 Å². The molecule has 2 fully saturated rings. The summed E-state index contributed by atoms with van der Waals surface area (Å²) in [4.78, 5) is 19.9. The van der Waals surface area contributed by atoms with Gasteiger partial charge in [0.1, 0.15) is 0 Å². The monoisotopic (exact) mass is 390 g/mol. The minimum atomic E-state index is 0.855. The predicted molar refractivity (Wildman–Crippen MR) is 117 cm³/mol. The highest BCUT2D eigenvalue weighted by Gasteiger charge is 2.17. The van der Waals surface area contributed by atoms with Crippen LogP contribution in [-0.2, 0) is 13.1 Å². The highest BCUT2D eigenvalue weighted by atomic mass is 15.3. The highest BCUT2D eigenvalue weighted by molar-refractivity contribution is 5.81. The van der Waals surface area contributed by atoms with E-state index in [1.54, 1.807) is 0 Å². The predicted octanol–water partition coefficient (Wildman–Crippen LogP) is 3.27. The van der Waals surface area contributed by atoms with Gasteiger partial charge in [0.2, 0.25) is 5.95 Å². The molecule has 2 aliphatic rings. The second-order valence-electron chi connectivity index (χ2n) is 8.36. The molecule has 0 amide bonds. The summed E-state index contributed by atoms with van der Waals surface area (Å²) in [6.07, 6.45) is 7.48. The molecule has 6 nitrogen and oxygen atoms in total. The molecule has 1 aromatic carbocycles. The Hall–Kier alpha value is -2.44. The molecule has 2 saturated heterocycles. The van der Waals surface area contributed by atoms with Crippen molar-refractivity contribution in [1.29, 1.82) is 0 Å². The van der Waals surface area contributed by atoms with Crippen molar-refractivity contribution in [3.63, 3.8) is 0 Å². The molecule has 0 unspecified atom stereocenters. The lowest BCUT2D eigenvalue weighted by atomic mass is 10.1.